The van der Waals surface area contributed by atoms with E-state index in [9.17, 15) is 0 Å². The minimum atomic E-state index is 0.581. The maximum absolute atomic E-state index is 5.20. The second-order valence-corrected chi connectivity index (χ2v) is 7.11. The van der Waals surface area contributed by atoms with E-state index in [4.69, 9.17) is 4.74 Å². The molecule has 1 fully saturated rings. The summed E-state index contributed by atoms with van der Waals surface area (Å²) < 4.78 is 5.20. The highest BCUT2D eigenvalue weighted by Crippen LogP contribution is 2.39. The molecule has 0 saturated carbocycles. The van der Waals surface area contributed by atoms with E-state index in [1.54, 1.807) is 7.11 Å². The zero-order valence-corrected chi connectivity index (χ0v) is 16.1. The lowest BCUT2D eigenvalue weighted by molar-refractivity contribution is 0.414. The van der Waals surface area contributed by atoms with Gasteiger partial charge in [0.15, 0.2) is 0 Å². The van der Waals surface area contributed by atoms with Crippen LogP contribution in [-0.2, 0) is 13.0 Å². The van der Waals surface area contributed by atoms with Gasteiger partial charge in [-0.3, -0.25) is 0 Å². The van der Waals surface area contributed by atoms with Crippen LogP contribution in [-0.4, -0.2) is 18.1 Å². The lowest BCUT2D eigenvalue weighted by atomic mass is 10.1. The van der Waals surface area contributed by atoms with Gasteiger partial charge >= 0.3 is 0 Å². The van der Waals surface area contributed by atoms with Crippen LogP contribution >= 0.6 is 0 Å². The fraction of sp³-hybridized carbons (Fsp3) is 0.333. The molecule has 26 heavy (non-hydrogen) atoms. The minimum Gasteiger partial charge on any atom is -0.497 e. The minimum absolute atomic E-state index is 0.581. The summed E-state index contributed by atoms with van der Waals surface area (Å²) in [7, 11) is 1.71. The quantitative estimate of drug-likeness (QED) is 0.445. The van der Waals surface area contributed by atoms with Crippen LogP contribution in [0.2, 0.25) is 0 Å². The molecule has 136 valence electrons. The van der Waals surface area contributed by atoms with E-state index in [2.05, 4.69) is 73.4 Å². The molecular weight excluding hydrogens is 318 g/mol. The molecule has 1 heterocycles. The van der Waals surface area contributed by atoms with E-state index in [0.717, 1.165) is 31.6 Å². The van der Waals surface area contributed by atoms with Gasteiger partial charge in [0.1, 0.15) is 5.75 Å². The average Bonchev–Trinajstić information content (AvgIpc) is 3.35. The van der Waals surface area contributed by atoms with Gasteiger partial charge in [-0.1, -0.05) is 60.2 Å². The Balaban J connectivity index is 1.47. The van der Waals surface area contributed by atoms with Gasteiger partial charge in [-0.2, -0.15) is 0 Å². The molecule has 0 bridgehead atoms. The van der Waals surface area contributed by atoms with E-state index in [-0.39, 0.29) is 0 Å². The topological polar surface area (TPSA) is 12.2 Å². The van der Waals surface area contributed by atoms with Gasteiger partial charge in [-0.15, -0.1) is 0 Å². The van der Waals surface area contributed by atoms with Crippen LogP contribution in [0.1, 0.15) is 37.8 Å². The van der Waals surface area contributed by atoms with Gasteiger partial charge in [0.2, 0.25) is 0 Å². The van der Waals surface area contributed by atoms with Crippen LogP contribution in [0.5, 0.6) is 5.75 Å². The maximum Gasteiger partial charge on any atom is 0.118 e. The lowest BCUT2D eigenvalue weighted by Gasteiger charge is -2.04. The normalized spacial score (nSPS) is 16.2. The summed E-state index contributed by atoms with van der Waals surface area (Å²) in [6.45, 7) is 5.47. The molecule has 2 aromatic rings. The fourth-order valence-corrected chi connectivity index (χ4v) is 3.50. The number of methoxy groups -OCH3 is 1. The number of hydrogen-bond acceptors (Lipinski definition) is 2. The van der Waals surface area contributed by atoms with Crippen molar-refractivity contribution in [3.63, 3.8) is 0 Å². The first-order valence-corrected chi connectivity index (χ1v) is 9.45. The predicted molar refractivity (Wildman–Crippen MR) is 109 cm³/mol. The first-order valence-electron chi connectivity index (χ1n) is 9.45. The van der Waals surface area contributed by atoms with Crippen LogP contribution in [0.3, 0.4) is 0 Å². The van der Waals surface area contributed by atoms with Gasteiger partial charge in [0.25, 0.3) is 0 Å². The number of rotatable bonds is 8. The summed E-state index contributed by atoms with van der Waals surface area (Å²) in [4.78, 5) is 2.53. The number of aryl methyl sites for hydroxylation is 1. The zero-order chi connectivity index (χ0) is 18.4. The first kappa shape index (κ1) is 18.3. The third kappa shape index (κ3) is 4.78. The summed E-state index contributed by atoms with van der Waals surface area (Å²) in [6, 6.07) is 19.7. The Hall–Kier alpha value is -2.48. The van der Waals surface area contributed by atoms with Gasteiger partial charge in [0.05, 0.1) is 13.2 Å². The second-order valence-electron chi connectivity index (χ2n) is 7.11. The smallest absolute Gasteiger partial charge is 0.118 e. The summed E-state index contributed by atoms with van der Waals surface area (Å²) in [6.07, 6.45) is 7.94. The van der Waals surface area contributed by atoms with E-state index < -0.39 is 0 Å². The average molecular weight is 348 g/mol. The Morgan fingerprint density at radius 1 is 0.962 bits per heavy atom. The Kier molecular flexibility index (Phi) is 6.17. The van der Waals surface area contributed by atoms with E-state index in [0.29, 0.717) is 6.04 Å². The van der Waals surface area contributed by atoms with Gasteiger partial charge in [-0.25, -0.2) is 0 Å². The second kappa shape index (κ2) is 8.75. The van der Waals surface area contributed by atoms with E-state index in [1.807, 2.05) is 12.1 Å². The van der Waals surface area contributed by atoms with Crippen molar-refractivity contribution < 1.29 is 4.74 Å². The lowest BCUT2D eigenvalue weighted by Crippen LogP contribution is -2.01. The summed E-state index contributed by atoms with van der Waals surface area (Å²) in [5.74, 6) is 0.922. The Bertz CT molecular complexity index is 755. The van der Waals surface area contributed by atoms with Crippen molar-refractivity contribution >= 4 is 0 Å². The fourth-order valence-electron chi connectivity index (χ4n) is 3.50. The summed E-state index contributed by atoms with van der Waals surface area (Å²) in [5.41, 5.74) is 5.71. The molecule has 2 nitrogen and oxygen atoms in total. The molecular formula is C24H29NO. The van der Waals surface area contributed by atoms with E-state index in [1.165, 1.54) is 22.4 Å². The molecule has 1 unspecified atom stereocenters. The highest BCUT2D eigenvalue weighted by molar-refractivity contribution is 5.34. The molecule has 3 rings (SSSR count). The van der Waals surface area contributed by atoms with Crippen molar-refractivity contribution in [3.8, 4) is 5.75 Å². The maximum atomic E-state index is 5.20. The number of hydrogen-bond donors (Lipinski definition) is 0. The van der Waals surface area contributed by atoms with Gasteiger partial charge in [-0.05, 0) is 56.4 Å². The van der Waals surface area contributed by atoms with Gasteiger partial charge < -0.3 is 9.64 Å². The summed E-state index contributed by atoms with van der Waals surface area (Å²) in [5, 5.41) is 0. The predicted octanol–water partition coefficient (Wildman–Crippen LogP) is 5.75. The van der Waals surface area contributed by atoms with Gasteiger partial charge in [0, 0.05) is 12.2 Å². The highest BCUT2D eigenvalue weighted by Gasteiger charge is 2.39. The SMILES string of the molecule is COc1ccc(CC/C=C/CC2C(=C(C)C)N2Cc2ccccc2)cc1. The van der Waals surface area contributed by atoms with Crippen LogP contribution in [0.25, 0.3) is 0 Å². The van der Waals surface area contributed by atoms with Crippen molar-refractivity contribution in [2.75, 3.05) is 7.11 Å². The molecule has 2 heteroatoms. The standard InChI is InChI=1S/C24H29NO/c1-19(2)24-23(25(24)18-21-11-7-4-8-12-21)13-9-5-6-10-20-14-16-22(26-3)17-15-20/h4-5,7-9,11-12,14-17,23H,6,10,13,18H2,1-3H3/b9-5+. The molecule has 1 atom stereocenters. The van der Waals surface area contributed by atoms with Crippen molar-refractivity contribution in [1.82, 2.24) is 4.90 Å². The Morgan fingerprint density at radius 2 is 1.69 bits per heavy atom. The number of nitrogens with zero attached hydrogens (tertiary/aromatic N) is 1. The monoisotopic (exact) mass is 347 g/mol. The molecule has 0 radical (unpaired) electrons. The Labute approximate surface area is 157 Å². The molecule has 0 spiro atoms. The molecule has 1 aliphatic heterocycles. The van der Waals surface area contributed by atoms with Crippen molar-refractivity contribution in [2.45, 2.75) is 45.7 Å². The molecule has 0 aromatic heterocycles. The third-order valence-electron chi connectivity index (χ3n) is 4.93. The first-order chi connectivity index (χ1) is 12.7. The molecule has 0 aliphatic carbocycles. The van der Waals surface area contributed by atoms with Crippen molar-refractivity contribution in [2.24, 2.45) is 0 Å². The molecule has 0 N–H and O–H groups in total. The van der Waals surface area contributed by atoms with Crippen LogP contribution in [0.15, 0.2) is 78.0 Å². The number of benzene rings is 2. The third-order valence-corrected chi connectivity index (χ3v) is 4.93. The molecule has 0 amide bonds. The Morgan fingerprint density at radius 3 is 2.35 bits per heavy atom. The molecule has 1 saturated heterocycles. The van der Waals surface area contributed by atoms with Crippen LogP contribution in [0, 0.1) is 0 Å². The number of allylic oxidation sites excluding steroid dienone is 2. The highest BCUT2D eigenvalue weighted by atomic mass is 16.5. The zero-order valence-electron chi connectivity index (χ0n) is 16.1. The van der Waals surface area contributed by atoms with Crippen LogP contribution in [0.4, 0.5) is 0 Å². The largest absolute Gasteiger partial charge is 0.497 e. The molecule has 2 aromatic carbocycles. The van der Waals surface area contributed by atoms with Crippen molar-refractivity contribution in [1.29, 1.82) is 0 Å². The number of ether oxygens (including phenoxy) is 1. The van der Waals surface area contributed by atoms with Crippen LogP contribution < -0.4 is 4.74 Å². The van der Waals surface area contributed by atoms with E-state index >= 15 is 0 Å². The van der Waals surface area contributed by atoms with Crippen molar-refractivity contribution in [3.05, 3.63) is 89.1 Å². The summed E-state index contributed by atoms with van der Waals surface area (Å²) >= 11 is 0. The molecule has 1 aliphatic rings.